The van der Waals surface area contributed by atoms with Gasteiger partial charge in [0.1, 0.15) is 5.82 Å². The summed E-state index contributed by atoms with van der Waals surface area (Å²) in [6, 6.07) is 7.27. The molecule has 1 amide bonds. The fourth-order valence-electron chi connectivity index (χ4n) is 3.66. The Labute approximate surface area is 193 Å². The standard InChI is InChI=1S/C24H22F2N6O2/c1-13-19(7-16(10-28-13)15-4-5-32-21(8-15)30-24(27)31-32)23(33)29-11-17-6-18(25)9-20(26)22(17)34-12-14-2-3-14/h4-10,14H,2-3,11-12H2,1H3,(H2,27,31)(H,29,33). The highest BCUT2D eigenvalue weighted by molar-refractivity contribution is 5.96. The minimum absolute atomic E-state index is 0.0296. The second kappa shape index (κ2) is 8.69. The molecular weight excluding hydrogens is 442 g/mol. The first-order valence-corrected chi connectivity index (χ1v) is 10.8. The lowest BCUT2D eigenvalue weighted by Crippen LogP contribution is -2.24. The van der Waals surface area contributed by atoms with E-state index in [1.807, 2.05) is 6.07 Å². The van der Waals surface area contributed by atoms with Gasteiger partial charge in [0.2, 0.25) is 5.95 Å². The second-order valence-electron chi connectivity index (χ2n) is 8.36. The smallest absolute Gasteiger partial charge is 0.253 e. The molecular formula is C24H22F2N6O2. The summed E-state index contributed by atoms with van der Waals surface area (Å²) in [6.07, 6.45) is 5.45. The summed E-state index contributed by atoms with van der Waals surface area (Å²) in [4.78, 5) is 21.5. The van der Waals surface area contributed by atoms with Gasteiger partial charge in [-0.15, -0.1) is 5.10 Å². The fourth-order valence-corrected chi connectivity index (χ4v) is 3.66. The van der Waals surface area contributed by atoms with Gasteiger partial charge in [-0.05, 0) is 55.5 Å². The molecule has 174 valence electrons. The number of aryl methyl sites for hydroxylation is 1. The van der Waals surface area contributed by atoms with Crippen molar-refractivity contribution in [3.63, 3.8) is 0 Å². The Morgan fingerprint density at radius 3 is 2.85 bits per heavy atom. The van der Waals surface area contributed by atoms with Crippen molar-refractivity contribution in [3.8, 4) is 16.9 Å². The number of aromatic nitrogens is 4. The fraction of sp³-hybridized carbons (Fsp3) is 0.250. The van der Waals surface area contributed by atoms with Gasteiger partial charge in [-0.2, -0.15) is 4.98 Å². The van der Waals surface area contributed by atoms with Gasteiger partial charge >= 0.3 is 0 Å². The Bertz CT molecular complexity index is 1400. The van der Waals surface area contributed by atoms with Crippen molar-refractivity contribution in [1.29, 1.82) is 0 Å². The number of halogens is 2. The van der Waals surface area contributed by atoms with Crippen molar-refractivity contribution in [3.05, 3.63) is 71.2 Å². The summed E-state index contributed by atoms with van der Waals surface area (Å²) in [5, 5.41) is 6.78. The molecule has 0 radical (unpaired) electrons. The maximum Gasteiger partial charge on any atom is 0.253 e. The monoisotopic (exact) mass is 464 g/mol. The number of fused-ring (bicyclic) bond motifs is 1. The molecule has 1 aromatic carbocycles. The zero-order valence-corrected chi connectivity index (χ0v) is 18.4. The van der Waals surface area contributed by atoms with Gasteiger partial charge in [-0.1, -0.05) is 0 Å². The van der Waals surface area contributed by atoms with Crippen LogP contribution < -0.4 is 15.8 Å². The molecule has 0 spiro atoms. The van der Waals surface area contributed by atoms with E-state index in [0.29, 0.717) is 35.0 Å². The number of hydrogen-bond acceptors (Lipinski definition) is 6. The van der Waals surface area contributed by atoms with Crippen LogP contribution in [0.5, 0.6) is 5.75 Å². The molecule has 34 heavy (non-hydrogen) atoms. The second-order valence-corrected chi connectivity index (χ2v) is 8.36. The topological polar surface area (TPSA) is 107 Å². The van der Waals surface area contributed by atoms with E-state index < -0.39 is 17.5 Å². The number of carbonyl (C=O) groups is 1. The number of ether oxygens (including phenoxy) is 1. The van der Waals surface area contributed by atoms with Crippen LogP contribution >= 0.6 is 0 Å². The number of nitrogens with two attached hydrogens (primary N) is 1. The summed E-state index contributed by atoms with van der Waals surface area (Å²) in [5.74, 6) is -1.40. The van der Waals surface area contributed by atoms with Gasteiger partial charge in [-0.3, -0.25) is 9.78 Å². The molecule has 0 saturated heterocycles. The number of pyridine rings is 2. The summed E-state index contributed by atoms with van der Waals surface area (Å²) in [5.41, 5.74) is 8.79. The lowest BCUT2D eigenvalue weighted by atomic mass is 10.0. The first-order valence-electron chi connectivity index (χ1n) is 10.8. The van der Waals surface area contributed by atoms with Crippen LogP contribution in [0.2, 0.25) is 0 Å². The molecule has 1 aliphatic carbocycles. The highest BCUT2D eigenvalue weighted by Crippen LogP contribution is 2.32. The number of benzene rings is 1. The predicted molar refractivity (Wildman–Crippen MR) is 121 cm³/mol. The summed E-state index contributed by atoms with van der Waals surface area (Å²) < 4.78 is 35.3. The number of nitrogen functional groups attached to an aromatic ring is 1. The first kappa shape index (κ1) is 21.7. The third-order valence-corrected chi connectivity index (χ3v) is 5.70. The third-order valence-electron chi connectivity index (χ3n) is 5.70. The number of hydrogen-bond donors (Lipinski definition) is 2. The van der Waals surface area contributed by atoms with Crippen LogP contribution in [0.15, 0.2) is 42.7 Å². The molecule has 5 rings (SSSR count). The lowest BCUT2D eigenvalue weighted by molar-refractivity contribution is 0.0949. The van der Waals surface area contributed by atoms with E-state index in [0.717, 1.165) is 24.5 Å². The molecule has 3 heterocycles. The van der Waals surface area contributed by atoms with E-state index in [1.165, 1.54) is 6.07 Å². The van der Waals surface area contributed by atoms with Crippen LogP contribution in [0, 0.1) is 24.5 Å². The first-order chi connectivity index (χ1) is 16.4. The Balaban J connectivity index is 1.37. The maximum atomic E-state index is 14.3. The molecule has 0 atom stereocenters. The summed E-state index contributed by atoms with van der Waals surface area (Å²) >= 11 is 0. The van der Waals surface area contributed by atoms with Crippen molar-refractivity contribution in [2.24, 2.45) is 5.92 Å². The average Bonchev–Trinajstić information content (AvgIpc) is 3.55. The largest absolute Gasteiger partial charge is 0.490 e. The van der Waals surface area contributed by atoms with Crippen LogP contribution in [-0.4, -0.2) is 32.1 Å². The van der Waals surface area contributed by atoms with E-state index >= 15 is 0 Å². The predicted octanol–water partition coefficient (Wildman–Crippen LogP) is 3.68. The molecule has 0 bridgehead atoms. The molecule has 0 aliphatic heterocycles. The van der Waals surface area contributed by atoms with Gasteiger partial charge in [0.15, 0.2) is 17.2 Å². The molecule has 8 nitrogen and oxygen atoms in total. The molecule has 4 aromatic rings. The normalized spacial score (nSPS) is 13.3. The Kier molecular flexibility index (Phi) is 5.56. The number of nitrogens with zero attached hydrogens (tertiary/aromatic N) is 4. The highest BCUT2D eigenvalue weighted by atomic mass is 19.1. The van der Waals surface area contributed by atoms with E-state index in [9.17, 15) is 13.6 Å². The maximum absolute atomic E-state index is 14.3. The van der Waals surface area contributed by atoms with Crippen molar-refractivity contribution >= 4 is 17.5 Å². The van der Waals surface area contributed by atoms with Crippen molar-refractivity contribution in [2.45, 2.75) is 26.3 Å². The van der Waals surface area contributed by atoms with Gasteiger partial charge in [-0.25, -0.2) is 13.3 Å². The van der Waals surface area contributed by atoms with Crippen molar-refractivity contribution < 1.29 is 18.3 Å². The van der Waals surface area contributed by atoms with Crippen LogP contribution in [0.1, 0.15) is 34.5 Å². The van der Waals surface area contributed by atoms with Crippen molar-refractivity contribution in [2.75, 3.05) is 12.3 Å². The summed E-state index contributed by atoms with van der Waals surface area (Å²) in [6.45, 7) is 1.99. The zero-order valence-electron chi connectivity index (χ0n) is 18.4. The molecule has 1 aliphatic rings. The van der Waals surface area contributed by atoms with Crippen molar-refractivity contribution in [1.82, 2.24) is 24.9 Å². The Morgan fingerprint density at radius 1 is 1.24 bits per heavy atom. The van der Waals surface area contributed by atoms with E-state index in [4.69, 9.17) is 10.5 Å². The number of rotatable bonds is 7. The Morgan fingerprint density at radius 2 is 2.06 bits per heavy atom. The minimum Gasteiger partial charge on any atom is -0.490 e. The van der Waals surface area contributed by atoms with E-state index in [-0.39, 0.29) is 23.8 Å². The highest BCUT2D eigenvalue weighted by Gasteiger charge is 2.24. The van der Waals surface area contributed by atoms with E-state index in [1.54, 1.807) is 36.0 Å². The minimum atomic E-state index is -0.783. The SMILES string of the molecule is Cc1ncc(-c2ccn3nc(N)nc3c2)cc1C(=O)NCc1cc(F)cc(F)c1OCC1CC1. The van der Waals surface area contributed by atoms with Crippen LogP contribution in [-0.2, 0) is 6.54 Å². The molecule has 10 heteroatoms. The molecule has 1 fully saturated rings. The van der Waals surface area contributed by atoms with Gasteiger partial charge in [0.05, 0.1) is 17.9 Å². The zero-order chi connectivity index (χ0) is 23.8. The van der Waals surface area contributed by atoms with Crippen LogP contribution in [0.25, 0.3) is 16.8 Å². The number of carbonyl (C=O) groups excluding carboxylic acids is 1. The molecule has 1 saturated carbocycles. The quantitative estimate of drug-likeness (QED) is 0.432. The third kappa shape index (κ3) is 4.52. The molecule has 3 N–H and O–H groups in total. The average molecular weight is 464 g/mol. The van der Waals surface area contributed by atoms with Crippen LogP contribution in [0.4, 0.5) is 14.7 Å². The molecule has 3 aromatic heterocycles. The number of amides is 1. The van der Waals surface area contributed by atoms with Gasteiger partial charge in [0.25, 0.3) is 5.91 Å². The summed E-state index contributed by atoms with van der Waals surface area (Å²) in [7, 11) is 0. The van der Waals surface area contributed by atoms with Gasteiger partial charge < -0.3 is 15.8 Å². The van der Waals surface area contributed by atoms with E-state index in [2.05, 4.69) is 20.4 Å². The number of anilines is 1. The lowest BCUT2D eigenvalue weighted by Gasteiger charge is -2.14. The van der Waals surface area contributed by atoms with Gasteiger partial charge in [0, 0.05) is 36.1 Å². The molecule has 0 unspecified atom stereocenters. The van der Waals surface area contributed by atoms with Crippen LogP contribution in [0.3, 0.4) is 0 Å². The number of nitrogens with one attached hydrogen (secondary N) is 1. The Hall–Kier alpha value is -4.08.